The lowest BCUT2D eigenvalue weighted by molar-refractivity contribution is 0.0974. The van der Waals surface area contributed by atoms with Crippen molar-refractivity contribution in [3.8, 4) is 5.75 Å². The van der Waals surface area contributed by atoms with Crippen molar-refractivity contribution in [2.75, 3.05) is 6.61 Å². The van der Waals surface area contributed by atoms with Gasteiger partial charge in [-0.05, 0) is 30.7 Å². The first-order valence-electron chi connectivity index (χ1n) is 8.21. The predicted octanol–water partition coefficient (Wildman–Crippen LogP) is 4.24. The van der Waals surface area contributed by atoms with Crippen LogP contribution in [0.25, 0.3) is 0 Å². The van der Waals surface area contributed by atoms with Gasteiger partial charge in [-0.25, -0.2) is 0 Å². The highest BCUT2D eigenvalue weighted by atomic mass is 16.5. The Morgan fingerprint density at radius 3 is 2.30 bits per heavy atom. The Morgan fingerprint density at radius 2 is 1.65 bits per heavy atom. The van der Waals surface area contributed by atoms with E-state index in [1.165, 1.54) is 0 Å². The molecule has 0 aliphatic heterocycles. The van der Waals surface area contributed by atoms with Crippen molar-refractivity contribution in [1.29, 1.82) is 0 Å². The fourth-order valence-corrected chi connectivity index (χ4v) is 2.36. The zero-order chi connectivity index (χ0) is 16.5. The molecule has 2 aromatic carbocycles. The van der Waals surface area contributed by atoms with Crippen LogP contribution in [0.3, 0.4) is 0 Å². The minimum Gasteiger partial charge on any atom is -0.491 e. The molecule has 3 heteroatoms. The molecule has 0 aliphatic rings. The van der Waals surface area contributed by atoms with Crippen LogP contribution < -0.4 is 4.74 Å². The maximum atomic E-state index is 12.3. The number of unbranched alkanes of at least 4 members (excludes halogenated alkanes) is 2. The molecule has 122 valence electrons. The quantitative estimate of drug-likeness (QED) is 0.556. The van der Waals surface area contributed by atoms with Gasteiger partial charge in [0.05, 0.1) is 6.10 Å². The maximum Gasteiger partial charge on any atom is 0.193 e. The summed E-state index contributed by atoms with van der Waals surface area (Å²) in [5.74, 6) is 0.668. The molecule has 0 saturated heterocycles. The van der Waals surface area contributed by atoms with Gasteiger partial charge in [-0.15, -0.1) is 0 Å². The number of carbonyl (C=O) groups is 1. The van der Waals surface area contributed by atoms with Crippen molar-refractivity contribution in [3.05, 3.63) is 65.7 Å². The van der Waals surface area contributed by atoms with Crippen LogP contribution in [0.4, 0.5) is 0 Å². The van der Waals surface area contributed by atoms with Crippen LogP contribution in [0.2, 0.25) is 0 Å². The van der Waals surface area contributed by atoms with Crippen LogP contribution in [-0.2, 0) is 0 Å². The minimum absolute atomic E-state index is 0.00301. The Bertz CT molecular complexity index is 590. The molecule has 0 amide bonds. The normalized spacial score (nSPS) is 11.9. The van der Waals surface area contributed by atoms with Gasteiger partial charge in [0.1, 0.15) is 12.4 Å². The molecule has 2 rings (SSSR count). The van der Waals surface area contributed by atoms with E-state index in [1.54, 1.807) is 36.4 Å². The van der Waals surface area contributed by atoms with Crippen LogP contribution >= 0.6 is 0 Å². The first-order chi connectivity index (χ1) is 11.2. The second-order valence-electron chi connectivity index (χ2n) is 5.68. The van der Waals surface area contributed by atoms with Crippen LogP contribution in [-0.4, -0.2) is 23.6 Å². The highest BCUT2D eigenvalue weighted by Crippen LogP contribution is 2.16. The third kappa shape index (κ3) is 5.53. The van der Waals surface area contributed by atoms with Gasteiger partial charge < -0.3 is 9.84 Å². The number of aliphatic hydroxyl groups is 1. The van der Waals surface area contributed by atoms with Crippen LogP contribution in [0.1, 0.15) is 48.5 Å². The lowest BCUT2D eigenvalue weighted by atomic mass is 10.0. The Hall–Kier alpha value is -2.13. The second kappa shape index (κ2) is 9.11. The highest BCUT2D eigenvalue weighted by molar-refractivity contribution is 6.08. The number of rotatable bonds is 9. The molecule has 2 aromatic rings. The number of hydrogen-bond donors (Lipinski definition) is 1. The molecule has 0 heterocycles. The number of carbonyl (C=O) groups excluding carboxylic acids is 1. The molecule has 1 N–H and O–H groups in total. The molecule has 0 aliphatic carbocycles. The van der Waals surface area contributed by atoms with Gasteiger partial charge in [-0.2, -0.15) is 0 Å². The van der Waals surface area contributed by atoms with Gasteiger partial charge in [-0.1, -0.05) is 56.5 Å². The Kier molecular flexibility index (Phi) is 6.82. The molecular weight excluding hydrogens is 288 g/mol. The molecule has 0 radical (unpaired) electrons. The van der Waals surface area contributed by atoms with Crippen LogP contribution in [0, 0.1) is 0 Å². The number of ether oxygens (including phenoxy) is 1. The van der Waals surface area contributed by atoms with Gasteiger partial charge in [0.25, 0.3) is 0 Å². The minimum atomic E-state index is -0.438. The summed E-state index contributed by atoms with van der Waals surface area (Å²) in [5, 5.41) is 9.85. The van der Waals surface area contributed by atoms with E-state index in [4.69, 9.17) is 4.74 Å². The van der Waals surface area contributed by atoms with Gasteiger partial charge in [-0.3, -0.25) is 4.79 Å². The van der Waals surface area contributed by atoms with E-state index in [2.05, 4.69) is 6.92 Å². The molecule has 3 nitrogen and oxygen atoms in total. The summed E-state index contributed by atoms with van der Waals surface area (Å²) in [4.78, 5) is 12.3. The molecule has 23 heavy (non-hydrogen) atoms. The first kappa shape index (κ1) is 17.2. The van der Waals surface area contributed by atoms with Crippen molar-refractivity contribution in [2.45, 2.75) is 38.7 Å². The molecular formula is C20H24O3. The Balaban J connectivity index is 1.86. The summed E-state index contributed by atoms with van der Waals surface area (Å²) in [5.41, 5.74) is 1.31. The predicted molar refractivity (Wildman–Crippen MR) is 92.0 cm³/mol. The summed E-state index contributed by atoms with van der Waals surface area (Å²) in [6.45, 7) is 2.43. The first-order valence-corrected chi connectivity index (χ1v) is 8.21. The summed E-state index contributed by atoms with van der Waals surface area (Å²) < 4.78 is 5.58. The summed E-state index contributed by atoms with van der Waals surface area (Å²) in [6, 6.07) is 16.3. The van der Waals surface area contributed by atoms with E-state index in [0.29, 0.717) is 16.9 Å². The number of aliphatic hydroxyl groups excluding tert-OH is 1. The maximum absolute atomic E-state index is 12.3. The van der Waals surface area contributed by atoms with E-state index in [9.17, 15) is 9.90 Å². The van der Waals surface area contributed by atoms with Crippen molar-refractivity contribution < 1.29 is 14.6 Å². The van der Waals surface area contributed by atoms with Crippen molar-refractivity contribution in [2.24, 2.45) is 0 Å². The standard InChI is InChI=1S/C20H24O3/c1-2-3-5-10-18(21)15-23-19-13-11-17(12-14-19)20(22)16-8-6-4-7-9-16/h4,6-9,11-14,18,21H,2-3,5,10,15H2,1H3. The summed E-state index contributed by atoms with van der Waals surface area (Å²) in [6.07, 6.45) is 3.62. The third-order valence-corrected chi connectivity index (χ3v) is 3.74. The largest absolute Gasteiger partial charge is 0.491 e. The SMILES string of the molecule is CCCCCC(O)COc1ccc(C(=O)c2ccccc2)cc1. The summed E-state index contributed by atoms with van der Waals surface area (Å²) >= 11 is 0. The van der Waals surface area contributed by atoms with Gasteiger partial charge >= 0.3 is 0 Å². The average Bonchev–Trinajstić information content (AvgIpc) is 2.61. The van der Waals surface area contributed by atoms with Gasteiger partial charge in [0, 0.05) is 11.1 Å². The lowest BCUT2D eigenvalue weighted by Crippen LogP contribution is -2.17. The molecule has 1 atom stereocenters. The monoisotopic (exact) mass is 312 g/mol. The topological polar surface area (TPSA) is 46.5 Å². The van der Waals surface area contributed by atoms with E-state index in [1.807, 2.05) is 18.2 Å². The van der Waals surface area contributed by atoms with E-state index >= 15 is 0 Å². The fraction of sp³-hybridized carbons (Fsp3) is 0.350. The highest BCUT2D eigenvalue weighted by Gasteiger charge is 2.09. The van der Waals surface area contributed by atoms with Crippen molar-refractivity contribution >= 4 is 5.78 Å². The zero-order valence-electron chi connectivity index (χ0n) is 13.6. The zero-order valence-corrected chi connectivity index (χ0v) is 13.6. The molecule has 0 bridgehead atoms. The number of benzene rings is 2. The van der Waals surface area contributed by atoms with E-state index in [0.717, 1.165) is 25.7 Å². The van der Waals surface area contributed by atoms with Gasteiger partial charge in [0.15, 0.2) is 5.78 Å². The Morgan fingerprint density at radius 1 is 1.00 bits per heavy atom. The lowest BCUT2D eigenvalue weighted by Gasteiger charge is -2.12. The molecule has 0 spiro atoms. The molecule has 0 fully saturated rings. The van der Waals surface area contributed by atoms with E-state index in [-0.39, 0.29) is 12.4 Å². The number of hydrogen-bond acceptors (Lipinski definition) is 3. The van der Waals surface area contributed by atoms with Crippen LogP contribution in [0.15, 0.2) is 54.6 Å². The van der Waals surface area contributed by atoms with Crippen molar-refractivity contribution in [3.63, 3.8) is 0 Å². The third-order valence-electron chi connectivity index (χ3n) is 3.74. The number of ketones is 1. The smallest absolute Gasteiger partial charge is 0.193 e. The molecule has 0 saturated carbocycles. The summed E-state index contributed by atoms with van der Waals surface area (Å²) in [7, 11) is 0. The average molecular weight is 312 g/mol. The fourth-order valence-electron chi connectivity index (χ4n) is 2.36. The van der Waals surface area contributed by atoms with E-state index < -0.39 is 6.10 Å². The second-order valence-corrected chi connectivity index (χ2v) is 5.68. The Labute approximate surface area is 137 Å². The van der Waals surface area contributed by atoms with Crippen molar-refractivity contribution in [1.82, 2.24) is 0 Å². The van der Waals surface area contributed by atoms with Gasteiger partial charge in [0.2, 0.25) is 0 Å². The molecule has 1 unspecified atom stereocenters. The van der Waals surface area contributed by atoms with Crippen LogP contribution in [0.5, 0.6) is 5.75 Å². The molecule has 0 aromatic heterocycles.